The molecule has 3 heterocycles. The molecule has 3 aromatic heterocycles. The zero-order valence-electron chi connectivity index (χ0n) is 12.9. The molecule has 0 amide bonds. The van der Waals surface area contributed by atoms with Gasteiger partial charge in [-0.2, -0.15) is 0 Å². The number of halogens is 1. The van der Waals surface area contributed by atoms with Gasteiger partial charge in [-0.05, 0) is 46.3 Å². The summed E-state index contributed by atoms with van der Waals surface area (Å²) in [5, 5.41) is 0.952. The molecule has 5 nitrogen and oxygen atoms in total. The van der Waals surface area contributed by atoms with Gasteiger partial charge in [0.15, 0.2) is 0 Å². The van der Waals surface area contributed by atoms with Crippen molar-refractivity contribution in [2.24, 2.45) is 0 Å². The molecule has 4 aromatic rings. The molecule has 0 unspecified atom stereocenters. The Bertz CT molecular complexity index is 1030. The van der Waals surface area contributed by atoms with E-state index in [-0.39, 0.29) is 0 Å². The monoisotopic (exact) mass is 383 g/mol. The summed E-state index contributed by atoms with van der Waals surface area (Å²) in [5.74, 6) is 1.56. The molecule has 0 bridgehead atoms. The number of hydrogen-bond donors (Lipinski definition) is 0. The Hall–Kier alpha value is -2.60. The maximum atomic E-state index is 6.03. The van der Waals surface area contributed by atoms with Gasteiger partial charge < -0.3 is 9.47 Å². The van der Waals surface area contributed by atoms with E-state index in [0.717, 1.165) is 38.2 Å². The molecule has 4 rings (SSSR count). The Balaban J connectivity index is 1.65. The van der Waals surface area contributed by atoms with Crippen molar-refractivity contribution in [2.75, 3.05) is 7.11 Å². The van der Waals surface area contributed by atoms with Crippen molar-refractivity contribution in [2.45, 2.75) is 6.61 Å². The van der Waals surface area contributed by atoms with Crippen LogP contribution < -0.4 is 9.47 Å². The van der Waals surface area contributed by atoms with Crippen molar-refractivity contribution < 1.29 is 9.47 Å². The molecule has 0 fully saturated rings. The number of nitrogens with zero attached hydrogens (tertiary/aromatic N) is 3. The number of rotatable bonds is 4. The molecule has 0 radical (unpaired) electrons. The van der Waals surface area contributed by atoms with Gasteiger partial charge in [0.2, 0.25) is 0 Å². The fourth-order valence-electron chi connectivity index (χ4n) is 2.62. The van der Waals surface area contributed by atoms with E-state index in [1.807, 2.05) is 53.2 Å². The van der Waals surface area contributed by atoms with Gasteiger partial charge in [-0.1, -0.05) is 0 Å². The first-order valence-corrected chi connectivity index (χ1v) is 8.21. The predicted octanol–water partition coefficient (Wildman–Crippen LogP) is 4.23. The molecule has 6 heteroatoms. The Labute approximate surface area is 147 Å². The standard InChI is InChI=1S/C18H14BrN3O2/c1-23-14-3-4-15-16(8-14)20-7-6-17(15)24-11-13-9-21-18-5-2-12(19)10-22(13)18/h2-10H,11H2,1H3. The first kappa shape index (κ1) is 15.0. The van der Waals surface area contributed by atoms with Crippen LogP contribution in [0, 0.1) is 0 Å². The predicted molar refractivity (Wildman–Crippen MR) is 95.5 cm³/mol. The minimum Gasteiger partial charge on any atom is -0.497 e. The second-order valence-electron chi connectivity index (χ2n) is 5.31. The minimum absolute atomic E-state index is 0.419. The van der Waals surface area contributed by atoms with Crippen molar-refractivity contribution >= 4 is 32.5 Å². The molecule has 0 atom stereocenters. The van der Waals surface area contributed by atoms with Crippen molar-refractivity contribution in [1.29, 1.82) is 0 Å². The van der Waals surface area contributed by atoms with Crippen molar-refractivity contribution in [3.63, 3.8) is 0 Å². The number of pyridine rings is 2. The summed E-state index contributed by atoms with van der Waals surface area (Å²) < 4.78 is 14.3. The molecule has 0 spiro atoms. The molecule has 24 heavy (non-hydrogen) atoms. The van der Waals surface area contributed by atoms with Crippen LogP contribution in [0.15, 0.2) is 59.5 Å². The molecule has 0 saturated carbocycles. The van der Waals surface area contributed by atoms with Gasteiger partial charge >= 0.3 is 0 Å². The third-order valence-corrected chi connectivity index (χ3v) is 4.30. The lowest BCUT2D eigenvalue weighted by molar-refractivity contribution is 0.304. The van der Waals surface area contributed by atoms with Crippen molar-refractivity contribution in [1.82, 2.24) is 14.4 Å². The Morgan fingerprint density at radius 2 is 2.04 bits per heavy atom. The maximum absolute atomic E-state index is 6.03. The van der Waals surface area contributed by atoms with Crippen LogP contribution in [0.3, 0.4) is 0 Å². The molecule has 0 aliphatic heterocycles. The zero-order valence-corrected chi connectivity index (χ0v) is 14.5. The van der Waals surface area contributed by atoms with Crippen LogP contribution >= 0.6 is 15.9 Å². The lowest BCUT2D eigenvalue weighted by Gasteiger charge is -2.10. The Morgan fingerprint density at radius 3 is 2.92 bits per heavy atom. The summed E-state index contributed by atoms with van der Waals surface area (Å²) in [5.41, 5.74) is 2.71. The van der Waals surface area contributed by atoms with E-state index in [1.54, 1.807) is 13.3 Å². The van der Waals surface area contributed by atoms with Crippen LogP contribution in [-0.2, 0) is 6.61 Å². The number of imidazole rings is 1. The number of ether oxygens (including phenoxy) is 2. The molecule has 0 N–H and O–H groups in total. The summed E-state index contributed by atoms with van der Waals surface area (Å²) in [6.07, 6.45) is 5.55. The second-order valence-corrected chi connectivity index (χ2v) is 6.22. The van der Waals surface area contributed by atoms with E-state index >= 15 is 0 Å². The van der Waals surface area contributed by atoms with Gasteiger partial charge in [0, 0.05) is 28.3 Å². The van der Waals surface area contributed by atoms with E-state index < -0.39 is 0 Å². The number of aromatic nitrogens is 3. The topological polar surface area (TPSA) is 48.7 Å². The maximum Gasteiger partial charge on any atom is 0.137 e. The van der Waals surface area contributed by atoms with Gasteiger partial charge in [0.25, 0.3) is 0 Å². The van der Waals surface area contributed by atoms with Crippen molar-refractivity contribution in [3.8, 4) is 11.5 Å². The summed E-state index contributed by atoms with van der Waals surface area (Å²) in [6.45, 7) is 0.419. The molecule has 0 aliphatic rings. The third-order valence-electron chi connectivity index (χ3n) is 3.83. The first-order chi connectivity index (χ1) is 11.7. The van der Waals surface area contributed by atoms with Gasteiger partial charge in [0.1, 0.15) is 23.8 Å². The van der Waals surface area contributed by atoms with Gasteiger partial charge in [0.05, 0.1) is 24.5 Å². The molecule has 0 aliphatic carbocycles. The fraction of sp³-hybridized carbons (Fsp3) is 0.111. The second kappa shape index (κ2) is 6.13. The molecular weight excluding hydrogens is 370 g/mol. The molecule has 1 aromatic carbocycles. The average molecular weight is 384 g/mol. The third kappa shape index (κ3) is 2.69. The van der Waals surface area contributed by atoms with E-state index in [1.165, 1.54) is 0 Å². The SMILES string of the molecule is COc1ccc2c(OCc3cnc4ccc(Br)cn34)ccnc2c1. The highest BCUT2D eigenvalue weighted by molar-refractivity contribution is 9.10. The highest BCUT2D eigenvalue weighted by Gasteiger charge is 2.08. The Kier molecular flexibility index (Phi) is 3.82. The van der Waals surface area contributed by atoms with E-state index in [2.05, 4.69) is 25.9 Å². The van der Waals surface area contributed by atoms with Crippen LogP contribution in [0.2, 0.25) is 0 Å². The summed E-state index contributed by atoms with van der Waals surface area (Å²) in [4.78, 5) is 8.76. The fourth-order valence-corrected chi connectivity index (χ4v) is 2.95. The molecular formula is C18H14BrN3O2. The molecule has 120 valence electrons. The molecule has 0 saturated heterocycles. The highest BCUT2D eigenvalue weighted by atomic mass is 79.9. The van der Waals surface area contributed by atoms with Crippen LogP contribution in [0.25, 0.3) is 16.6 Å². The number of fused-ring (bicyclic) bond motifs is 2. The number of benzene rings is 1. The van der Waals surface area contributed by atoms with Crippen LogP contribution in [-0.4, -0.2) is 21.5 Å². The Morgan fingerprint density at radius 1 is 1.12 bits per heavy atom. The normalized spacial score (nSPS) is 11.1. The quantitative estimate of drug-likeness (QED) is 0.528. The van der Waals surface area contributed by atoms with E-state index in [0.29, 0.717) is 6.61 Å². The van der Waals surface area contributed by atoms with Crippen molar-refractivity contribution in [3.05, 3.63) is 65.2 Å². The summed E-state index contributed by atoms with van der Waals surface area (Å²) >= 11 is 3.48. The lowest BCUT2D eigenvalue weighted by Crippen LogP contribution is -2.00. The summed E-state index contributed by atoms with van der Waals surface area (Å²) in [6, 6.07) is 11.6. The largest absolute Gasteiger partial charge is 0.497 e. The van der Waals surface area contributed by atoms with Gasteiger partial charge in [-0.25, -0.2) is 4.98 Å². The summed E-state index contributed by atoms with van der Waals surface area (Å²) in [7, 11) is 1.64. The lowest BCUT2D eigenvalue weighted by atomic mass is 10.2. The van der Waals surface area contributed by atoms with E-state index in [4.69, 9.17) is 9.47 Å². The number of methoxy groups -OCH3 is 1. The van der Waals surface area contributed by atoms with Gasteiger partial charge in [-0.15, -0.1) is 0 Å². The van der Waals surface area contributed by atoms with E-state index in [9.17, 15) is 0 Å². The van der Waals surface area contributed by atoms with Gasteiger partial charge in [-0.3, -0.25) is 9.38 Å². The van der Waals surface area contributed by atoms with Crippen LogP contribution in [0.1, 0.15) is 5.69 Å². The smallest absolute Gasteiger partial charge is 0.137 e. The van der Waals surface area contributed by atoms with Crippen LogP contribution in [0.5, 0.6) is 11.5 Å². The number of hydrogen-bond acceptors (Lipinski definition) is 4. The average Bonchev–Trinajstić information content (AvgIpc) is 3.01. The minimum atomic E-state index is 0.419. The highest BCUT2D eigenvalue weighted by Crippen LogP contribution is 2.27. The zero-order chi connectivity index (χ0) is 16.5. The first-order valence-electron chi connectivity index (χ1n) is 7.41. The van der Waals surface area contributed by atoms with Crippen LogP contribution in [0.4, 0.5) is 0 Å².